The highest BCUT2D eigenvalue weighted by Gasteiger charge is 2.39. The van der Waals surface area contributed by atoms with E-state index >= 15 is 0 Å². The number of rotatable bonds is 28. The first-order chi connectivity index (χ1) is 24.9. The van der Waals surface area contributed by atoms with Gasteiger partial charge in [-0.3, -0.25) is 18.9 Å². The second-order valence-electron chi connectivity index (χ2n) is 14.1. The van der Waals surface area contributed by atoms with Gasteiger partial charge >= 0.3 is 19.5 Å². The largest absolute Gasteiger partial charge is 0.466 e. The van der Waals surface area contributed by atoms with Crippen molar-refractivity contribution in [1.82, 2.24) is 10.2 Å². The smallest absolute Gasteiger partial charge is 0.339 e. The molecule has 0 bridgehead atoms. The van der Waals surface area contributed by atoms with Crippen LogP contribution in [-0.4, -0.2) is 64.2 Å². The molecule has 10 nitrogen and oxygen atoms in total. The van der Waals surface area contributed by atoms with Crippen LogP contribution in [0.3, 0.4) is 0 Å². The molecule has 2 unspecified atom stereocenters. The first-order valence-corrected chi connectivity index (χ1v) is 21.3. The molecule has 2 rings (SSSR count). The third-order valence-electron chi connectivity index (χ3n) is 9.06. The zero-order valence-corrected chi connectivity index (χ0v) is 33.0. The van der Waals surface area contributed by atoms with Crippen LogP contribution in [0.5, 0.6) is 0 Å². The molecule has 0 radical (unpaired) electrons. The summed E-state index contributed by atoms with van der Waals surface area (Å²) >= 11 is 0. The molecule has 1 amide bonds. The van der Waals surface area contributed by atoms with Gasteiger partial charge in [0.25, 0.3) is 0 Å². The minimum atomic E-state index is -4.73. The summed E-state index contributed by atoms with van der Waals surface area (Å²) in [6.07, 6.45) is 12.1. The maximum absolute atomic E-state index is 14.0. The molecule has 0 aliphatic carbocycles. The number of carbonyl (C=O) groups is 3. The lowest BCUT2D eigenvalue weighted by Gasteiger charge is -2.38. The van der Waals surface area contributed by atoms with E-state index in [4.69, 9.17) is 9.47 Å². The van der Waals surface area contributed by atoms with Gasteiger partial charge < -0.3 is 24.6 Å². The second-order valence-corrected chi connectivity index (χ2v) is 15.7. The van der Waals surface area contributed by atoms with Crippen molar-refractivity contribution in [3.05, 3.63) is 60.2 Å². The Morgan fingerprint density at radius 1 is 0.731 bits per heavy atom. The number of ether oxygens (including phenoxy) is 2. The Morgan fingerprint density at radius 3 is 1.87 bits per heavy atom. The standard InChI is InChI=1S/C41H65N2O8P/c1-5-7-9-11-12-13-15-20-30-50-38(44)28-29-42-40(46)37(31-34-24-26-36(27-25-34)35-21-17-16-18-22-35)43(32-52(47,48)49)41(33(3)4)51-39(45)23-19-14-10-8-6-2/h16-18,21-22,24-27,33,37,41H,5-15,19-20,23,28-32H2,1-4H3,(H,42,46)(H2,47,48,49). The van der Waals surface area contributed by atoms with Crippen molar-refractivity contribution < 1.29 is 38.2 Å². The molecule has 0 heterocycles. The first kappa shape index (κ1) is 45.1. The van der Waals surface area contributed by atoms with Crippen molar-refractivity contribution in [2.45, 2.75) is 143 Å². The zero-order chi connectivity index (χ0) is 38.2. The quantitative estimate of drug-likeness (QED) is 0.0337. The van der Waals surface area contributed by atoms with Gasteiger partial charge in [-0.1, -0.05) is 153 Å². The normalized spacial score (nSPS) is 12.8. The Kier molecular flexibility index (Phi) is 22.4. The van der Waals surface area contributed by atoms with Crippen LogP contribution in [0.15, 0.2) is 54.6 Å². The zero-order valence-electron chi connectivity index (χ0n) is 32.1. The highest BCUT2D eigenvalue weighted by molar-refractivity contribution is 7.51. The van der Waals surface area contributed by atoms with E-state index in [0.717, 1.165) is 61.6 Å². The Hall–Kier alpha value is -3.04. The van der Waals surface area contributed by atoms with Crippen molar-refractivity contribution in [2.24, 2.45) is 5.92 Å². The fraction of sp³-hybridized carbons (Fsp3) is 0.634. The molecular weight excluding hydrogens is 679 g/mol. The summed E-state index contributed by atoms with van der Waals surface area (Å²) in [7, 11) is -4.73. The lowest BCUT2D eigenvalue weighted by atomic mass is 9.99. The summed E-state index contributed by atoms with van der Waals surface area (Å²) < 4.78 is 23.8. The van der Waals surface area contributed by atoms with Crippen molar-refractivity contribution in [1.29, 1.82) is 0 Å². The number of amides is 1. The summed E-state index contributed by atoms with van der Waals surface area (Å²) in [6.45, 7) is 8.22. The van der Waals surface area contributed by atoms with Gasteiger partial charge in [-0.2, -0.15) is 0 Å². The van der Waals surface area contributed by atoms with Crippen LogP contribution in [0.4, 0.5) is 0 Å². The van der Waals surface area contributed by atoms with Crippen LogP contribution in [0.25, 0.3) is 11.1 Å². The molecule has 0 saturated heterocycles. The number of hydrogen-bond donors (Lipinski definition) is 3. The van der Waals surface area contributed by atoms with Crippen LogP contribution in [0.2, 0.25) is 0 Å². The van der Waals surface area contributed by atoms with E-state index < -0.39 is 49.9 Å². The molecule has 292 valence electrons. The average molecular weight is 745 g/mol. The van der Waals surface area contributed by atoms with E-state index in [9.17, 15) is 28.7 Å². The Balaban J connectivity index is 2.18. The Bertz CT molecular complexity index is 1330. The number of esters is 2. The fourth-order valence-corrected chi connectivity index (χ4v) is 6.95. The number of nitrogens with zero attached hydrogens (tertiary/aromatic N) is 1. The SMILES string of the molecule is CCCCCCCCCCOC(=O)CCNC(=O)C(Cc1ccc(-c2ccccc2)cc1)N(CP(=O)(O)O)C(OC(=O)CCCCCCC)C(C)C. The van der Waals surface area contributed by atoms with Crippen molar-refractivity contribution >= 4 is 25.4 Å². The molecule has 3 N–H and O–H groups in total. The van der Waals surface area contributed by atoms with E-state index in [2.05, 4.69) is 19.2 Å². The van der Waals surface area contributed by atoms with Gasteiger partial charge in [0.05, 0.1) is 19.1 Å². The van der Waals surface area contributed by atoms with Gasteiger partial charge in [-0.25, -0.2) is 4.90 Å². The fourth-order valence-electron chi connectivity index (χ4n) is 6.17. The van der Waals surface area contributed by atoms with Crippen LogP contribution in [-0.2, 0) is 34.8 Å². The van der Waals surface area contributed by atoms with Crippen LogP contribution >= 0.6 is 7.60 Å². The molecule has 2 aromatic carbocycles. The highest BCUT2D eigenvalue weighted by Crippen LogP contribution is 2.38. The predicted molar refractivity (Wildman–Crippen MR) is 207 cm³/mol. The summed E-state index contributed by atoms with van der Waals surface area (Å²) in [5.74, 6) is -1.82. The highest BCUT2D eigenvalue weighted by atomic mass is 31.2. The molecule has 11 heteroatoms. The maximum Gasteiger partial charge on any atom is 0.339 e. The molecule has 2 atom stereocenters. The summed E-state index contributed by atoms with van der Waals surface area (Å²) in [4.78, 5) is 61.2. The van der Waals surface area contributed by atoms with E-state index in [1.165, 1.54) is 37.0 Å². The van der Waals surface area contributed by atoms with E-state index in [1.54, 1.807) is 13.8 Å². The third kappa shape index (κ3) is 19.2. The molecule has 0 aromatic heterocycles. The van der Waals surface area contributed by atoms with E-state index in [-0.39, 0.29) is 25.8 Å². The molecule has 0 spiro atoms. The second kappa shape index (κ2) is 25.9. The Labute approximate surface area is 312 Å². The van der Waals surface area contributed by atoms with Gasteiger partial charge in [-0.15, -0.1) is 0 Å². The van der Waals surface area contributed by atoms with Gasteiger partial charge in [0.15, 0.2) is 6.23 Å². The maximum atomic E-state index is 14.0. The third-order valence-corrected chi connectivity index (χ3v) is 9.76. The van der Waals surface area contributed by atoms with Gasteiger partial charge in [0.2, 0.25) is 5.91 Å². The number of nitrogens with one attached hydrogen (secondary N) is 1. The van der Waals surface area contributed by atoms with Crippen LogP contribution in [0.1, 0.15) is 130 Å². The van der Waals surface area contributed by atoms with Gasteiger partial charge in [-0.05, 0) is 36.0 Å². The number of unbranched alkanes of at least 4 members (excludes halogenated alkanes) is 11. The predicted octanol–water partition coefficient (Wildman–Crippen LogP) is 8.78. The van der Waals surface area contributed by atoms with Crippen LogP contribution in [0, 0.1) is 5.92 Å². The lowest BCUT2D eigenvalue weighted by molar-refractivity contribution is -0.169. The number of carbonyl (C=O) groups excluding carboxylic acids is 3. The number of hydrogen-bond acceptors (Lipinski definition) is 7. The molecule has 0 aliphatic heterocycles. The summed E-state index contributed by atoms with van der Waals surface area (Å²) in [5, 5.41) is 2.80. The minimum Gasteiger partial charge on any atom is -0.466 e. The van der Waals surface area contributed by atoms with Crippen molar-refractivity contribution in [2.75, 3.05) is 19.4 Å². The van der Waals surface area contributed by atoms with E-state index in [1.807, 2.05) is 54.6 Å². The topological polar surface area (TPSA) is 142 Å². The minimum absolute atomic E-state index is 0.00775. The molecule has 0 fully saturated rings. The van der Waals surface area contributed by atoms with Gasteiger partial charge in [0, 0.05) is 18.9 Å². The van der Waals surface area contributed by atoms with Crippen LogP contribution < -0.4 is 5.32 Å². The molecule has 52 heavy (non-hydrogen) atoms. The molecule has 0 saturated carbocycles. The summed E-state index contributed by atoms with van der Waals surface area (Å²) in [5.41, 5.74) is 2.77. The Morgan fingerprint density at radius 2 is 1.29 bits per heavy atom. The van der Waals surface area contributed by atoms with Gasteiger partial charge in [0.1, 0.15) is 6.29 Å². The molecule has 0 aliphatic rings. The average Bonchev–Trinajstić information content (AvgIpc) is 3.11. The summed E-state index contributed by atoms with van der Waals surface area (Å²) in [6, 6.07) is 16.4. The lowest BCUT2D eigenvalue weighted by Crippen LogP contribution is -2.55. The van der Waals surface area contributed by atoms with Crippen molar-refractivity contribution in [3.63, 3.8) is 0 Å². The number of benzene rings is 2. The first-order valence-electron chi connectivity index (χ1n) is 19.5. The molecular formula is C41H65N2O8P. The van der Waals surface area contributed by atoms with E-state index in [0.29, 0.717) is 13.0 Å². The van der Waals surface area contributed by atoms with Crippen molar-refractivity contribution in [3.8, 4) is 11.1 Å². The molecule has 2 aromatic rings. The monoisotopic (exact) mass is 744 g/mol.